The third-order valence-electron chi connectivity index (χ3n) is 6.32. The van der Waals surface area contributed by atoms with Crippen LogP contribution in [0, 0.1) is 13.8 Å². The summed E-state index contributed by atoms with van der Waals surface area (Å²) in [7, 11) is 0. The molecule has 0 unspecified atom stereocenters. The van der Waals surface area contributed by atoms with E-state index in [1.165, 1.54) is 28.0 Å². The number of anilines is 3. The molecule has 0 aliphatic rings. The molecule has 36 heavy (non-hydrogen) atoms. The van der Waals surface area contributed by atoms with Gasteiger partial charge < -0.3 is 10.2 Å². The number of carbonyl (C=O) groups excluding carboxylic acids is 1. The molecule has 4 aromatic rings. The lowest BCUT2D eigenvalue weighted by molar-refractivity contribution is -0.105. The second kappa shape index (κ2) is 13.1. The van der Waals surface area contributed by atoms with Crippen molar-refractivity contribution in [3.63, 3.8) is 0 Å². The SMILES string of the molecule is CC/C(C)=C(\C)N(c1ccccc1)c1ccc(NC=O)cc1C.Cc1ccc(-c2ccccc2)cc1. The lowest BCUT2D eigenvalue weighted by Crippen LogP contribution is -2.17. The van der Waals surface area contributed by atoms with Crippen LogP contribution < -0.4 is 10.2 Å². The van der Waals surface area contributed by atoms with E-state index in [2.05, 4.69) is 124 Å². The van der Waals surface area contributed by atoms with E-state index in [0.717, 1.165) is 29.0 Å². The first-order valence-electron chi connectivity index (χ1n) is 12.4. The van der Waals surface area contributed by atoms with Crippen LogP contribution in [0.4, 0.5) is 17.1 Å². The van der Waals surface area contributed by atoms with Gasteiger partial charge in [-0.05, 0) is 81.1 Å². The zero-order chi connectivity index (χ0) is 25.9. The Morgan fingerprint density at radius 1 is 0.778 bits per heavy atom. The zero-order valence-corrected chi connectivity index (χ0v) is 22.0. The number of para-hydroxylation sites is 1. The van der Waals surface area contributed by atoms with Crippen molar-refractivity contribution >= 4 is 23.5 Å². The number of hydrogen-bond acceptors (Lipinski definition) is 2. The van der Waals surface area contributed by atoms with Crippen LogP contribution >= 0.6 is 0 Å². The minimum atomic E-state index is 0.704. The first-order chi connectivity index (χ1) is 17.4. The lowest BCUT2D eigenvalue weighted by atomic mass is 10.0. The Hall–Kier alpha value is -4.11. The van der Waals surface area contributed by atoms with Crippen LogP contribution in [0.25, 0.3) is 11.1 Å². The average molecular weight is 477 g/mol. The second-order valence-electron chi connectivity index (χ2n) is 8.89. The maximum Gasteiger partial charge on any atom is 0.211 e. The third-order valence-corrected chi connectivity index (χ3v) is 6.32. The van der Waals surface area contributed by atoms with Gasteiger partial charge in [0.1, 0.15) is 0 Å². The van der Waals surface area contributed by atoms with Crippen molar-refractivity contribution in [2.45, 2.75) is 41.0 Å². The maximum atomic E-state index is 10.6. The molecule has 0 saturated heterocycles. The monoisotopic (exact) mass is 476 g/mol. The van der Waals surface area contributed by atoms with Crippen LogP contribution in [-0.2, 0) is 4.79 Å². The van der Waals surface area contributed by atoms with Crippen LogP contribution in [0.3, 0.4) is 0 Å². The number of benzene rings is 4. The second-order valence-corrected chi connectivity index (χ2v) is 8.89. The molecule has 184 valence electrons. The summed E-state index contributed by atoms with van der Waals surface area (Å²) >= 11 is 0. The molecule has 4 aromatic carbocycles. The van der Waals surface area contributed by atoms with Gasteiger partial charge in [-0.2, -0.15) is 0 Å². The van der Waals surface area contributed by atoms with Crippen LogP contribution in [0.15, 0.2) is 114 Å². The van der Waals surface area contributed by atoms with Crippen molar-refractivity contribution in [1.82, 2.24) is 0 Å². The van der Waals surface area contributed by atoms with Gasteiger partial charge in [-0.25, -0.2) is 0 Å². The number of hydrogen-bond donors (Lipinski definition) is 1. The molecule has 3 heteroatoms. The van der Waals surface area contributed by atoms with Crippen LogP contribution in [0.1, 0.15) is 38.3 Å². The van der Waals surface area contributed by atoms with Crippen LogP contribution in [0.5, 0.6) is 0 Å². The number of aryl methyl sites for hydroxylation is 2. The molecule has 0 saturated carbocycles. The molecule has 0 atom stereocenters. The maximum absolute atomic E-state index is 10.6. The molecule has 3 nitrogen and oxygen atoms in total. The number of nitrogens with one attached hydrogen (secondary N) is 1. The molecule has 0 radical (unpaired) electrons. The highest BCUT2D eigenvalue weighted by atomic mass is 16.1. The topological polar surface area (TPSA) is 32.3 Å². The fourth-order valence-corrected chi connectivity index (χ4v) is 3.98. The van der Waals surface area contributed by atoms with Crippen molar-refractivity contribution in [2.24, 2.45) is 0 Å². The Balaban J connectivity index is 0.000000233. The summed E-state index contributed by atoms with van der Waals surface area (Å²) in [5, 5.41) is 2.71. The molecule has 1 N–H and O–H groups in total. The Morgan fingerprint density at radius 2 is 1.36 bits per heavy atom. The van der Waals surface area contributed by atoms with E-state index in [0.29, 0.717) is 6.41 Å². The minimum Gasteiger partial charge on any atom is -0.329 e. The predicted molar refractivity (Wildman–Crippen MR) is 155 cm³/mol. The highest BCUT2D eigenvalue weighted by Gasteiger charge is 2.15. The Labute approximate surface area is 216 Å². The van der Waals surface area contributed by atoms with Crippen molar-refractivity contribution < 1.29 is 4.79 Å². The van der Waals surface area contributed by atoms with Gasteiger partial charge in [-0.15, -0.1) is 0 Å². The predicted octanol–water partition coefficient (Wildman–Crippen LogP) is 9.07. The quantitative estimate of drug-likeness (QED) is 0.270. The standard InChI is InChI=1S/C20H24N2O.C13H12/c1-5-15(2)17(4)22(19-9-7-6-8-10-19)20-12-11-18(21-14-23)13-16(20)3;1-11-7-9-13(10-8-11)12-5-3-2-4-6-12/h6-14H,5H2,1-4H3,(H,21,23);2-10H,1H3/b17-15+;. The van der Waals surface area contributed by atoms with E-state index < -0.39 is 0 Å². The van der Waals surface area contributed by atoms with E-state index in [-0.39, 0.29) is 0 Å². The van der Waals surface area contributed by atoms with Crippen molar-refractivity contribution in [3.05, 3.63) is 126 Å². The molecule has 0 fully saturated rings. The minimum absolute atomic E-state index is 0.704. The molecule has 0 aliphatic heterocycles. The summed E-state index contributed by atoms with van der Waals surface area (Å²) in [6.45, 7) is 10.7. The number of carbonyl (C=O) groups is 1. The molecular formula is C33H36N2O. The normalized spacial score (nSPS) is 11.0. The fraction of sp³-hybridized carbons (Fsp3) is 0.182. The van der Waals surface area contributed by atoms with Gasteiger partial charge in [0.2, 0.25) is 6.41 Å². The van der Waals surface area contributed by atoms with Crippen molar-refractivity contribution in [1.29, 1.82) is 0 Å². The third kappa shape index (κ3) is 6.96. The van der Waals surface area contributed by atoms with Crippen molar-refractivity contribution in [2.75, 3.05) is 10.2 Å². The summed E-state index contributed by atoms with van der Waals surface area (Å²) < 4.78 is 0. The van der Waals surface area contributed by atoms with E-state index in [9.17, 15) is 4.79 Å². The fourth-order valence-electron chi connectivity index (χ4n) is 3.98. The average Bonchev–Trinajstić information content (AvgIpc) is 2.91. The van der Waals surface area contributed by atoms with E-state index in [1.54, 1.807) is 0 Å². The van der Waals surface area contributed by atoms with Gasteiger partial charge >= 0.3 is 0 Å². The number of allylic oxidation sites excluding steroid dienone is 2. The summed E-state index contributed by atoms with van der Waals surface area (Å²) in [6.07, 6.45) is 1.72. The smallest absolute Gasteiger partial charge is 0.211 e. The van der Waals surface area contributed by atoms with Gasteiger partial charge in [-0.3, -0.25) is 4.79 Å². The molecule has 4 rings (SSSR count). The molecule has 0 aliphatic carbocycles. The van der Waals surface area contributed by atoms with Crippen LogP contribution in [-0.4, -0.2) is 6.41 Å². The molecule has 0 spiro atoms. The Kier molecular flexibility index (Phi) is 9.64. The van der Waals surface area contributed by atoms with Gasteiger partial charge in [0.15, 0.2) is 0 Å². The lowest BCUT2D eigenvalue weighted by Gasteiger charge is -2.29. The number of rotatable bonds is 7. The van der Waals surface area contributed by atoms with Gasteiger partial charge in [-0.1, -0.05) is 90.9 Å². The first kappa shape index (κ1) is 26.5. The Morgan fingerprint density at radius 3 is 1.92 bits per heavy atom. The molecule has 0 heterocycles. The van der Waals surface area contributed by atoms with E-state index in [1.807, 2.05) is 24.3 Å². The summed E-state index contributed by atoms with van der Waals surface area (Å²) in [5.74, 6) is 0. The highest BCUT2D eigenvalue weighted by molar-refractivity contribution is 5.77. The largest absolute Gasteiger partial charge is 0.329 e. The van der Waals surface area contributed by atoms with E-state index >= 15 is 0 Å². The van der Waals surface area contributed by atoms with E-state index in [4.69, 9.17) is 0 Å². The summed E-state index contributed by atoms with van der Waals surface area (Å²) in [5.41, 5.74) is 10.6. The first-order valence-corrected chi connectivity index (χ1v) is 12.4. The molecule has 0 bridgehead atoms. The van der Waals surface area contributed by atoms with Gasteiger partial charge in [0.25, 0.3) is 0 Å². The number of nitrogens with zero attached hydrogens (tertiary/aromatic N) is 1. The highest BCUT2D eigenvalue weighted by Crippen LogP contribution is 2.34. The van der Waals surface area contributed by atoms with Crippen LogP contribution in [0.2, 0.25) is 0 Å². The zero-order valence-electron chi connectivity index (χ0n) is 22.0. The molecule has 0 aromatic heterocycles. The van der Waals surface area contributed by atoms with Gasteiger partial charge in [0.05, 0.1) is 0 Å². The number of amides is 1. The van der Waals surface area contributed by atoms with Gasteiger partial charge in [0, 0.05) is 22.8 Å². The summed E-state index contributed by atoms with van der Waals surface area (Å²) in [4.78, 5) is 12.9. The van der Waals surface area contributed by atoms with Crippen molar-refractivity contribution in [3.8, 4) is 11.1 Å². The summed E-state index contributed by atoms with van der Waals surface area (Å²) in [6, 6.07) is 35.4. The molecule has 1 amide bonds. The Bertz CT molecular complexity index is 1280. The molecular weight excluding hydrogens is 440 g/mol.